The summed E-state index contributed by atoms with van der Waals surface area (Å²) in [5, 5.41) is 12.4. The topological polar surface area (TPSA) is 111 Å². The van der Waals surface area contributed by atoms with Crippen molar-refractivity contribution in [1.29, 1.82) is 5.26 Å². The van der Waals surface area contributed by atoms with Crippen LogP contribution in [0.2, 0.25) is 0 Å². The zero-order valence-corrected chi connectivity index (χ0v) is 25.7. The molecular formula is C34H39FN6O3. The fourth-order valence-electron chi connectivity index (χ4n) is 5.61. The summed E-state index contributed by atoms with van der Waals surface area (Å²) in [5.74, 6) is -0.920. The minimum atomic E-state index is -0.428. The van der Waals surface area contributed by atoms with Gasteiger partial charge in [-0.15, -0.1) is 0 Å². The fourth-order valence-corrected chi connectivity index (χ4v) is 5.61. The number of nitriles is 1. The molecule has 2 heterocycles. The van der Waals surface area contributed by atoms with Gasteiger partial charge in [0, 0.05) is 55.6 Å². The molecule has 3 aromatic rings. The average molecular weight is 599 g/mol. The van der Waals surface area contributed by atoms with E-state index in [2.05, 4.69) is 42.8 Å². The maximum Gasteiger partial charge on any atom is 0.330 e. The van der Waals surface area contributed by atoms with Gasteiger partial charge in [0.05, 0.1) is 35.7 Å². The molecule has 1 aliphatic heterocycles. The summed E-state index contributed by atoms with van der Waals surface area (Å²) in [6, 6.07) is 14.8. The number of benzene rings is 2. The molecule has 1 saturated heterocycles. The van der Waals surface area contributed by atoms with Crippen molar-refractivity contribution in [3.05, 3.63) is 94.3 Å². The Hall–Kier alpha value is -4.62. The smallest absolute Gasteiger partial charge is 0.330 e. The van der Waals surface area contributed by atoms with Gasteiger partial charge in [0.25, 0.3) is 5.91 Å². The van der Waals surface area contributed by atoms with E-state index in [-0.39, 0.29) is 23.8 Å². The van der Waals surface area contributed by atoms with E-state index in [1.165, 1.54) is 31.6 Å². The molecule has 0 radical (unpaired) electrons. The van der Waals surface area contributed by atoms with Gasteiger partial charge < -0.3 is 19.9 Å². The molecule has 0 spiro atoms. The van der Waals surface area contributed by atoms with Gasteiger partial charge in [-0.3, -0.25) is 4.79 Å². The third-order valence-corrected chi connectivity index (χ3v) is 8.22. The molecule has 1 amide bonds. The first-order chi connectivity index (χ1) is 21.2. The van der Waals surface area contributed by atoms with Crippen LogP contribution in [0.15, 0.2) is 54.9 Å². The van der Waals surface area contributed by atoms with Crippen LogP contribution in [-0.4, -0.2) is 65.6 Å². The summed E-state index contributed by atoms with van der Waals surface area (Å²) in [6.07, 6.45) is 7.08. The number of nitrogens with zero attached hydrogens (tertiary/aromatic N) is 5. The number of aryl methyl sites for hydroxylation is 2. The number of aromatic nitrogens is 2. The second-order valence-corrected chi connectivity index (χ2v) is 11.1. The number of amides is 1. The van der Waals surface area contributed by atoms with Crippen LogP contribution in [0, 0.1) is 31.0 Å². The second-order valence-electron chi connectivity index (χ2n) is 11.1. The van der Waals surface area contributed by atoms with Crippen molar-refractivity contribution < 1.29 is 18.7 Å². The van der Waals surface area contributed by atoms with Gasteiger partial charge in [0.15, 0.2) is 0 Å². The van der Waals surface area contributed by atoms with Crippen molar-refractivity contribution >= 4 is 23.6 Å². The molecule has 10 heteroatoms. The molecule has 4 rings (SSSR count). The van der Waals surface area contributed by atoms with E-state index in [0.29, 0.717) is 41.2 Å². The van der Waals surface area contributed by atoms with Crippen molar-refractivity contribution in [3.63, 3.8) is 0 Å². The van der Waals surface area contributed by atoms with Crippen LogP contribution in [0.5, 0.6) is 0 Å². The number of hydrogen-bond donors (Lipinski definition) is 1. The number of ether oxygens (including phenoxy) is 1. The van der Waals surface area contributed by atoms with Crippen LogP contribution in [0.3, 0.4) is 0 Å². The van der Waals surface area contributed by atoms with Crippen LogP contribution in [0.4, 0.5) is 10.1 Å². The average Bonchev–Trinajstić information content (AvgIpc) is 3.03. The molecular weight excluding hydrogens is 559 g/mol. The van der Waals surface area contributed by atoms with Crippen molar-refractivity contribution in [2.24, 2.45) is 0 Å². The summed E-state index contributed by atoms with van der Waals surface area (Å²) in [6.45, 7) is 8.40. The summed E-state index contributed by atoms with van der Waals surface area (Å²) < 4.78 is 19.6. The normalized spacial score (nSPS) is 14.6. The van der Waals surface area contributed by atoms with E-state index < -0.39 is 5.97 Å². The number of rotatable bonds is 11. The maximum atomic E-state index is 14.9. The predicted octanol–water partition coefficient (Wildman–Crippen LogP) is 4.97. The highest BCUT2D eigenvalue weighted by Gasteiger charge is 2.28. The van der Waals surface area contributed by atoms with Crippen LogP contribution in [0.1, 0.15) is 64.6 Å². The number of esters is 1. The Labute approximate surface area is 258 Å². The van der Waals surface area contributed by atoms with E-state index in [1.54, 1.807) is 12.1 Å². The Morgan fingerprint density at radius 1 is 1.16 bits per heavy atom. The molecule has 1 fully saturated rings. The zero-order chi connectivity index (χ0) is 31.6. The molecule has 1 aromatic heterocycles. The van der Waals surface area contributed by atoms with Crippen molar-refractivity contribution in [2.75, 3.05) is 31.6 Å². The minimum Gasteiger partial charge on any atom is -0.466 e. The van der Waals surface area contributed by atoms with Gasteiger partial charge in [-0.2, -0.15) is 5.26 Å². The number of carbonyl (C=O) groups is 2. The van der Waals surface area contributed by atoms with E-state index >= 15 is 0 Å². The first-order valence-corrected chi connectivity index (χ1v) is 14.8. The van der Waals surface area contributed by atoms with Gasteiger partial charge in [-0.1, -0.05) is 12.1 Å². The highest BCUT2D eigenvalue weighted by molar-refractivity contribution is 5.96. The van der Waals surface area contributed by atoms with Crippen LogP contribution < -0.4 is 10.2 Å². The number of carbonyl (C=O) groups excluding carboxylic acids is 2. The van der Waals surface area contributed by atoms with E-state index in [4.69, 9.17) is 0 Å². The van der Waals surface area contributed by atoms with E-state index in [0.717, 1.165) is 43.6 Å². The largest absolute Gasteiger partial charge is 0.466 e. The number of likely N-dealkylation sites (tertiary alicyclic amines) is 1. The SMILES string of the molecule is COC(=O)/C=C/c1ccc(N(Cc2cc(C#N)ccc2F)C2CCN(C(C)CCNC(=O)c3c(C)ncnc3C)CC2)cc1. The zero-order valence-electron chi connectivity index (χ0n) is 25.7. The molecule has 2 aromatic carbocycles. The molecule has 44 heavy (non-hydrogen) atoms. The monoisotopic (exact) mass is 598 g/mol. The maximum absolute atomic E-state index is 14.9. The number of hydrogen-bond acceptors (Lipinski definition) is 8. The first-order valence-electron chi connectivity index (χ1n) is 14.8. The fraction of sp³-hybridized carbons (Fsp3) is 0.382. The number of piperidine rings is 1. The number of methoxy groups -OCH3 is 1. The molecule has 0 bridgehead atoms. The van der Waals surface area contributed by atoms with Gasteiger partial charge in [-0.25, -0.2) is 19.2 Å². The predicted molar refractivity (Wildman–Crippen MR) is 167 cm³/mol. The molecule has 9 nitrogen and oxygen atoms in total. The Morgan fingerprint density at radius 2 is 1.84 bits per heavy atom. The lowest BCUT2D eigenvalue weighted by Gasteiger charge is -2.42. The van der Waals surface area contributed by atoms with Gasteiger partial charge >= 0.3 is 5.97 Å². The minimum absolute atomic E-state index is 0.151. The summed E-state index contributed by atoms with van der Waals surface area (Å²) in [7, 11) is 1.33. The van der Waals surface area contributed by atoms with Crippen LogP contribution in [0.25, 0.3) is 6.08 Å². The molecule has 1 aliphatic rings. The standard InChI is InChI=1S/C34H39FN6O3/c1-23(13-16-37-34(43)33-24(2)38-22-39-25(33)3)40-17-14-30(15-18-40)41(21-28-19-27(20-36)7-11-31(28)35)29-9-5-26(6-10-29)8-12-32(42)44-4/h5-12,19,22-23,30H,13-18,21H2,1-4H3,(H,37,43)/b12-8+. The molecule has 1 N–H and O–H groups in total. The second kappa shape index (κ2) is 15.2. The summed E-state index contributed by atoms with van der Waals surface area (Å²) >= 11 is 0. The van der Waals surface area contributed by atoms with E-state index in [1.807, 2.05) is 38.1 Å². The van der Waals surface area contributed by atoms with Gasteiger partial charge in [0.1, 0.15) is 12.1 Å². The van der Waals surface area contributed by atoms with Crippen molar-refractivity contribution in [1.82, 2.24) is 20.2 Å². The highest BCUT2D eigenvalue weighted by atomic mass is 19.1. The highest BCUT2D eigenvalue weighted by Crippen LogP contribution is 2.28. The third kappa shape index (κ3) is 8.26. The first kappa shape index (κ1) is 32.3. The number of halogens is 1. The van der Waals surface area contributed by atoms with Gasteiger partial charge in [-0.05, 0) is 82.0 Å². The van der Waals surface area contributed by atoms with Crippen LogP contribution in [-0.2, 0) is 16.1 Å². The van der Waals surface area contributed by atoms with E-state index in [9.17, 15) is 19.2 Å². The molecule has 0 aliphatic carbocycles. The number of anilines is 1. The number of nitrogens with one attached hydrogen (secondary N) is 1. The molecule has 1 unspecified atom stereocenters. The van der Waals surface area contributed by atoms with Crippen molar-refractivity contribution in [3.8, 4) is 6.07 Å². The van der Waals surface area contributed by atoms with Gasteiger partial charge in [0.2, 0.25) is 0 Å². The summed E-state index contributed by atoms with van der Waals surface area (Å²) in [4.78, 5) is 37.2. The Kier molecular flexibility index (Phi) is 11.2. The van der Waals surface area contributed by atoms with Crippen LogP contribution >= 0.6 is 0 Å². The Bertz CT molecular complexity index is 1510. The lowest BCUT2D eigenvalue weighted by molar-refractivity contribution is -0.134. The Balaban J connectivity index is 1.41. The molecule has 230 valence electrons. The lowest BCUT2D eigenvalue weighted by atomic mass is 9.98. The summed E-state index contributed by atoms with van der Waals surface area (Å²) in [5.41, 5.74) is 4.54. The lowest BCUT2D eigenvalue weighted by Crippen LogP contribution is -2.48. The quantitative estimate of drug-likeness (QED) is 0.243. The molecule has 1 atom stereocenters. The molecule has 0 saturated carbocycles. The Morgan fingerprint density at radius 3 is 2.48 bits per heavy atom. The third-order valence-electron chi connectivity index (χ3n) is 8.22. The van der Waals surface area contributed by atoms with Crippen molar-refractivity contribution in [2.45, 2.75) is 58.7 Å².